The Hall–Kier alpha value is -3.99. The van der Waals surface area contributed by atoms with Gasteiger partial charge in [-0.3, -0.25) is 19.9 Å². The molecule has 11 heteroatoms. The van der Waals surface area contributed by atoms with Crippen molar-refractivity contribution >= 4 is 40.7 Å². The average Bonchev–Trinajstić information content (AvgIpc) is 3.21. The number of halogens is 1. The van der Waals surface area contributed by atoms with Crippen LogP contribution in [0.4, 0.5) is 26.2 Å². The number of benzene rings is 2. The highest BCUT2D eigenvalue weighted by molar-refractivity contribution is 6.44. The second-order valence-corrected chi connectivity index (χ2v) is 6.78. The van der Waals surface area contributed by atoms with Crippen LogP contribution in [0.5, 0.6) is 0 Å². The van der Waals surface area contributed by atoms with Crippen molar-refractivity contribution in [3.63, 3.8) is 0 Å². The van der Waals surface area contributed by atoms with E-state index in [4.69, 9.17) is 15.2 Å². The van der Waals surface area contributed by atoms with Crippen LogP contribution in [0.2, 0.25) is 0 Å². The van der Waals surface area contributed by atoms with E-state index in [2.05, 4.69) is 15.7 Å². The van der Waals surface area contributed by atoms with E-state index in [0.29, 0.717) is 17.1 Å². The molecule has 32 heavy (non-hydrogen) atoms. The molecule has 1 aliphatic heterocycles. The molecule has 0 saturated heterocycles. The first-order chi connectivity index (χ1) is 15.4. The summed E-state index contributed by atoms with van der Waals surface area (Å²) < 4.78 is 23.0. The first-order valence-corrected chi connectivity index (χ1v) is 9.63. The maximum absolute atomic E-state index is 13.2. The maximum Gasteiger partial charge on any atom is 0.411 e. The average molecular weight is 443 g/mol. The number of nitrogens with one attached hydrogen (secondary N) is 2. The lowest BCUT2D eigenvalue weighted by Gasteiger charge is -2.20. The SMILES string of the molecule is COCCOC(=O)Nc1cccc(NC(=O)C2=NN(c3ccc(F)cc3)C(C(N)=O)C2)c1. The summed E-state index contributed by atoms with van der Waals surface area (Å²) in [6.45, 7) is 0.372. The summed E-state index contributed by atoms with van der Waals surface area (Å²) in [6, 6.07) is 10.9. The molecule has 0 spiro atoms. The Bertz CT molecular complexity index is 1030. The first-order valence-electron chi connectivity index (χ1n) is 9.63. The van der Waals surface area contributed by atoms with Crippen LogP contribution in [0.1, 0.15) is 6.42 Å². The van der Waals surface area contributed by atoms with Gasteiger partial charge in [-0.2, -0.15) is 5.10 Å². The largest absolute Gasteiger partial charge is 0.447 e. The Morgan fingerprint density at radius 1 is 1.12 bits per heavy atom. The van der Waals surface area contributed by atoms with Gasteiger partial charge in [0.1, 0.15) is 24.2 Å². The molecule has 1 aliphatic rings. The van der Waals surface area contributed by atoms with Crippen molar-refractivity contribution in [2.24, 2.45) is 10.8 Å². The topological polar surface area (TPSA) is 135 Å². The lowest BCUT2D eigenvalue weighted by Crippen LogP contribution is -2.39. The van der Waals surface area contributed by atoms with E-state index >= 15 is 0 Å². The maximum atomic E-state index is 13.2. The highest BCUT2D eigenvalue weighted by Crippen LogP contribution is 2.25. The molecule has 0 radical (unpaired) electrons. The number of nitrogens with two attached hydrogens (primary N) is 1. The molecule has 0 saturated carbocycles. The van der Waals surface area contributed by atoms with Crippen LogP contribution >= 0.6 is 0 Å². The highest BCUT2D eigenvalue weighted by Gasteiger charge is 2.35. The number of hydrogen-bond donors (Lipinski definition) is 3. The Kier molecular flexibility index (Phi) is 7.34. The number of ether oxygens (including phenoxy) is 2. The fraction of sp³-hybridized carbons (Fsp3) is 0.238. The quantitative estimate of drug-likeness (QED) is 0.535. The lowest BCUT2D eigenvalue weighted by molar-refractivity contribution is -0.119. The number of anilines is 3. The number of primary amides is 1. The standard InChI is InChI=1S/C21H22FN5O5/c1-31-9-10-32-21(30)25-15-4-2-3-14(11-15)24-20(29)17-12-18(19(23)28)27(26-17)16-7-5-13(22)6-8-16/h2-8,11,18H,9-10,12H2,1H3,(H2,23,28)(H,24,29)(H,25,30). The van der Waals surface area contributed by atoms with Crippen LogP contribution in [-0.2, 0) is 19.1 Å². The van der Waals surface area contributed by atoms with E-state index in [1.165, 1.54) is 42.5 Å². The van der Waals surface area contributed by atoms with Crippen LogP contribution in [0, 0.1) is 5.82 Å². The summed E-state index contributed by atoms with van der Waals surface area (Å²) in [6.07, 6.45) is -0.674. The molecule has 0 fully saturated rings. The van der Waals surface area contributed by atoms with Gasteiger partial charge in [0.2, 0.25) is 5.91 Å². The van der Waals surface area contributed by atoms with Gasteiger partial charge in [0, 0.05) is 24.9 Å². The third kappa shape index (κ3) is 5.79. The van der Waals surface area contributed by atoms with Gasteiger partial charge in [-0.15, -0.1) is 0 Å². The third-order valence-corrected chi connectivity index (χ3v) is 4.48. The lowest BCUT2D eigenvalue weighted by atomic mass is 10.1. The molecule has 1 atom stereocenters. The minimum absolute atomic E-state index is 0.0116. The summed E-state index contributed by atoms with van der Waals surface area (Å²) in [5.41, 5.74) is 6.76. The van der Waals surface area contributed by atoms with Gasteiger partial charge in [0.15, 0.2) is 0 Å². The molecule has 10 nitrogen and oxygen atoms in total. The Labute approximate surface area is 183 Å². The summed E-state index contributed by atoms with van der Waals surface area (Å²) in [4.78, 5) is 36.3. The number of carbonyl (C=O) groups excluding carboxylic acids is 3. The van der Waals surface area contributed by atoms with Crippen molar-refractivity contribution in [2.75, 3.05) is 36.0 Å². The monoisotopic (exact) mass is 443 g/mol. The molecule has 2 aromatic rings. The minimum Gasteiger partial charge on any atom is -0.447 e. The van der Waals surface area contributed by atoms with Gasteiger partial charge in [-0.25, -0.2) is 9.18 Å². The van der Waals surface area contributed by atoms with Crippen molar-refractivity contribution in [1.82, 2.24) is 0 Å². The van der Waals surface area contributed by atoms with Gasteiger partial charge in [0.05, 0.1) is 12.3 Å². The minimum atomic E-state index is -0.879. The zero-order valence-corrected chi connectivity index (χ0v) is 17.2. The van der Waals surface area contributed by atoms with Gasteiger partial charge in [-0.05, 0) is 42.5 Å². The number of hydrazone groups is 1. The molecule has 1 unspecified atom stereocenters. The van der Waals surface area contributed by atoms with Gasteiger partial charge in [-0.1, -0.05) is 6.07 Å². The summed E-state index contributed by atoms with van der Waals surface area (Å²) in [5, 5.41) is 10.7. The van der Waals surface area contributed by atoms with Crippen LogP contribution in [0.3, 0.4) is 0 Å². The normalized spacial score (nSPS) is 15.1. The van der Waals surface area contributed by atoms with Crippen molar-refractivity contribution in [3.05, 3.63) is 54.3 Å². The zero-order valence-electron chi connectivity index (χ0n) is 17.2. The Morgan fingerprint density at radius 2 is 1.81 bits per heavy atom. The van der Waals surface area contributed by atoms with Gasteiger partial charge >= 0.3 is 6.09 Å². The molecule has 0 aliphatic carbocycles. The summed E-state index contributed by atoms with van der Waals surface area (Å²) in [5.74, 6) is -1.65. The molecule has 3 amide bonds. The number of rotatable bonds is 8. The number of methoxy groups -OCH3 is 1. The van der Waals surface area contributed by atoms with Crippen LogP contribution in [0.15, 0.2) is 53.6 Å². The number of carbonyl (C=O) groups is 3. The molecular formula is C21H22FN5O5. The molecule has 1 heterocycles. The number of nitrogens with zero attached hydrogens (tertiary/aromatic N) is 2. The van der Waals surface area contributed by atoms with Crippen LogP contribution in [0.25, 0.3) is 0 Å². The second-order valence-electron chi connectivity index (χ2n) is 6.78. The fourth-order valence-electron chi connectivity index (χ4n) is 2.95. The molecule has 0 bridgehead atoms. The molecule has 168 valence electrons. The van der Waals surface area contributed by atoms with E-state index in [-0.39, 0.29) is 25.3 Å². The van der Waals surface area contributed by atoms with E-state index in [0.717, 1.165) is 0 Å². The van der Waals surface area contributed by atoms with Crippen LogP contribution < -0.4 is 21.4 Å². The van der Waals surface area contributed by atoms with E-state index in [1.807, 2.05) is 0 Å². The van der Waals surface area contributed by atoms with Gasteiger partial charge < -0.3 is 20.5 Å². The Balaban J connectivity index is 1.68. The van der Waals surface area contributed by atoms with Crippen LogP contribution in [-0.4, -0.2) is 50.0 Å². The smallest absolute Gasteiger partial charge is 0.411 e. The van der Waals surface area contributed by atoms with Crippen molar-refractivity contribution in [3.8, 4) is 0 Å². The highest BCUT2D eigenvalue weighted by atomic mass is 19.1. The molecule has 3 rings (SSSR count). The predicted octanol–water partition coefficient (Wildman–Crippen LogP) is 2.08. The fourth-order valence-corrected chi connectivity index (χ4v) is 2.95. The van der Waals surface area contributed by atoms with E-state index < -0.39 is 29.8 Å². The zero-order chi connectivity index (χ0) is 23.1. The Morgan fingerprint density at radius 3 is 2.47 bits per heavy atom. The van der Waals surface area contributed by atoms with Gasteiger partial charge in [0.25, 0.3) is 5.91 Å². The second kappa shape index (κ2) is 10.4. The van der Waals surface area contributed by atoms with Crippen molar-refractivity contribution < 1.29 is 28.2 Å². The molecular weight excluding hydrogens is 421 g/mol. The number of hydrogen-bond acceptors (Lipinski definition) is 7. The van der Waals surface area contributed by atoms with E-state index in [1.54, 1.807) is 18.2 Å². The van der Waals surface area contributed by atoms with E-state index in [9.17, 15) is 18.8 Å². The van der Waals surface area contributed by atoms with Crippen molar-refractivity contribution in [1.29, 1.82) is 0 Å². The number of amides is 3. The summed E-state index contributed by atoms with van der Waals surface area (Å²) in [7, 11) is 1.49. The summed E-state index contributed by atoms with van der Waals surface area (Å²) >= 11 is 0. The molecule has 2 aromatic carbocycles. The predicted molar refractivity (Wildman–Crippen MR) is 116 cm³/mol. The third-order valence-electron chi connectivity index (χ3n) is 4.48. The first kappa shape index (κ1) is 22.7. The van der Waals surface area contributed by atoms with Crippen molar-refractivity contribution in [2.45, 2.75) is 12.5 Å². The molecule has 0 aromatic heterocycles. The molecule has 4 N–H and O–H groups in total.